The Labute approximate surface area is 143 Å². The summed E-state index contributed by atoms with van der Waals surface area (Å²) in [6.45, 7) is 1.41. The van der Waals surface area contributed by atoms with Gasteiger partial charge in [0.2, 0.25) is 0 Å². The zero-order chi connectivity index (χ0) is 17.4. The van der Waals surface area contributed by atoms with Crippen LogP contribution < -0.4 is 0 Å². The van der Waals surface area contributed by atoms with Crippen molar-refractivity contribution < 1.29 is 29.6 Å². The predicted molar refractivity (Wildman–Crippen MR) is 86.6 cm³/mol. The molecule has 1 aromatic carbocycles. The van der Waals surface area contributed by atoms with Gasteiger partial charge in [0, 0.05) is 0 Å². The van der Waals surface area contributed by atoms with Crippen molar-refractivity contribution in [2.45, 2.75) is 36.7 Å². The largest absolute Gasteiger partial charge is 0.394 e. The Balaban J connectivity index is 1.97. The van der Waals surface area contributed by atoms with E-state index in [-0.39, 0.29) is 11.1 Å². The molecule has 3 rings (SSSR count). The molecule has 0 bridgehead atoms. The second kappa shape index (κ2) is 6.81. The summed E-state index contributed by atoms with van der Waals surface area (Å²) >= 11 is 1.30. The van der Waals surface area contributed by atoms with Crippen LogP contribution in [0.2, 0.25) is 0 Å². The van der Waals surface area contributed by atoms with Crippen molar-refractivity contribution in [3.05, 3.63) is 35.4 Å². The van der Waals surface area contributed by atoms with Crippen molar-refractivity contribution in [1.82, 2.24) is 4.90 Å². The van der Waals surface area contributed by atoms with Gasteiger partial charge in [0.15, 0.2) is 0 Å². The lowest BCUT2D eigenvalue weighted by Gasteiger charge is -2.44. The molecule has 0 radical (unpaired) electrons. The normalized spacial score (nSPS) is 33.0. The minimum absolute atomic E-state index is 0.272. The van der Waals surface area contributed by atoms with Gasteiger partial charge >= 0.3 is 0 Å². The maximum Gasteiger partial charge on any atom is 0.262 e. The number of aliphatic hydroxyl groups is 3. The highest BCUT2D eigenvalue weighted by molar-refractivity contribution is 7.99. The monoisotopic (exact) mass is 353 g/mol. The van der Waals surface area contributed by atoms with Crippen molar-refractivity contribution in [1.29, 1.82) is 0 Å². The van der Waals surface area contributed by atoms with Gasteiger partial charge in [-0.1, -0.05) is 19.1 Å². The van der Waals surface area contributed by atoms with Crippen LogP contribution in [-0.2, 0) is 4.74 Å². The highest BCUT2D eigenvalue weighted by Gasteiger charge is 2.52. The molecule has 8 heteroatoms. The first-order valence-corrected chi connectivity index (χ1v) is 8.77. The second-order valence-electron chi connectivity index (χ2n) is 5.68. The number of carbonyl (C=O) groups excluding carboxylic acids is 2. The van der Waals surface area contributed by atoms with E-state index in [0.717, 1.165) is 4.90 Å². The number of ether oxygens (including phenoxy) is 1. The van der Waals surface area contributed by atoms with E-state index in [9.17, 15) is 24.9 Å². The van der Waals surface area contributed by atoms with Crippen LogP contribution in [0.4, 0.5) is 0 Å². The molecular formula is C16H19NO6S. The first kappa shape index (κ1) is 17.4. The Morgan fingerprint density at radius 2 is 1.71 bits per heavy atom. The van der Waals surface area contributed by atoms with Crippen molar-refractivity contribution in [2.24, 2.45) is 0 Å². The van der Waals surface area contributed by atoms with Crippen molar-refractivity contribution in [3.63, 3.8) is 0 Å². The third-order valence-corrected chi connectivity index (χ3v) is 5.35. The molecule has 5 atom stereocenters. The molecule has 2 aliphatic rings. The Bertz CT molecular complexity index is 618. The fourth-order valence-corrected chi connectivity index (χ4v) is 4.15. The Kier molecular flexibility index (Phi) is 4.93. The molecule has 0 aromatic heterocycles. The Morgan fingerprint density at radius 1 is 1.12 bits per heavy atom. The van der Waals surface area contributed by atoms with E-state index in [0.29, 0.717) is 5.75 Å². The van der Waals surface area contributed by atoms with Crippen molar-refractivity contribution in [2.75, 3.05) is 12.4 Å². The van der Waals surface area contributed by atoms with Gasteiger partial charge in [-0.05, 0) is 17.9 Å². The molecule has 2 amide bonds. The standard InChI is InChI=1S/C16H19NO6S/c1-2-24-16-11(13(20)12(19)10(7-18)23-16)17-14(21)8-5-3-4-6-9(8)15(17)22/h3-6,10-13,16,18-20H,2,7H2,1H3/t10-,11-,12-,13-,16+/m1/s1. The summed E-state index contributed by atoms with van der Waals surface area (Å²) in [6.07, 6.45) is -3.75. The fourth-order valence-electron chi connectivity index (χ4n) is 3.12. The SMILES string of the molecule is CCS[C@@H]1O[C@H](CO)[C@@H](O)[C@H](O)[C@H]1N1C(=O)c2ccccc2C1=O. The number of carbonyl (C=O) groups is 2. The molecule has 2 heterocycles. The molecule has 24 heavy (non-hydrogen) atoms. The molecule has 2 aliphatic heterocycles. The number of benzene rings is 1. The maximum atomic E-state index is 12.7. The van der Waals surface area contributed by atoms with E-state index >= 15 is 0 Å². The number of imide groups is 1. The van der Waals surface area contributed by atoms with Crippen LogP contribution in [0.25, 0.3) is 0 Å². The van der Waals surface area contributed by atoms with Gasteiger partial charge in [-0.15, -0.1) is 11.8 Å². The van der Waals surface area contributed by atoms with E-state index in [1.165, 1.54) is 11.8 Å². The Hall–Kier alpha value is -1.45. The molecule has 0 saturated carbocycles. The number of nitrogens with zero attached hydrogens (tertiary/aromatic N) is 1. The van der Waals surface area contributed by atoms with Gasteiger partial charge in [-0.3, -0.25) is 14.5 Å². The average Bonchev–Trinajstić information content (AvgIpc) is 2.83. The number of thioether (sulfide) groups is 1. The van der Waals surface area contributed by atoms with E-state index in [4.69, 9.17) is 4.74 Å². The number of hydrogen-bond acceptors (Lipinski definition) is 7. The topological polar surface area (TPSA) is 107 Å². The number of fused-ring (bicyclic) bond motifs is 1. The summed E-state index contributed by atoms with van der Waals surface area (Å²) in [4.78, 5) is 26.3. The summed E-state index contributed by atoms with van der Waals surface area (Å²) in [5.41, 5.74) is -0.185. The molecule has 0 spiro atoms. The number of rotatable bonds is 4. The van der Waals surface area contributed by atoms with Gasteiger partial charge in [0.25, 0.3) is 11.8 Å². The number of aliphatic hydroxyl groups excluding tert-OH is 3. The van der Waals surface area contributed by atoms with Crippen LogP contribution in [0.5, 0.6) is 0 Å². The van der Waals surface area contributed by atoms with Crippen LogP contribution in [0, 0.1) is 0 Å². The lowest BCUT2D eigenvalue weighted by atomic mass is 9.97. The third kappa shape index (κ3) is 2.64. The van der Waals surface area contributed by atoms with Crippen LogP contribution in [0.3, 0.4) is 0 Å². The van der Waals surface area contributed by atoms with Crippen molar-refractivity contribution >= 4 is 23.6 Å². The quantitative estimate of drug-likeness (QED) is 0.646. The minimum Gasteiger partial charge on any atom is -0.394 e. The lowest BCUT2D eigenvalue weighted by Crippen LogP contribution is -2.64. The molecule has 0 aliphatic carbocycles. The highest BCUT2D eigenvalue weighted by atomic mass is 32.2. The first-order valence-electron chi connectivity index (χ1n) is 7.72. The lowest BCUT2D eigenvalue weighted by molar-refractivity contribution is -0.181. The summed E-state index contributed by atoms with van der Waals surface area (Å²) in [7, 11) is 0. The van der Waals surface area contributed by atoms with Crippen LogP contribution in [0.1, 0.15) is 27.6 Å². The molecule has 1 saturated heterocycles. The van der Waals surface area contributed by atoms with Crippen LogP contribution >= 0.6 is 11.8 Å². The van der Waals surface area contributed by atoms with E-state index in [1.54, 1.807) is 24.3 Å². The third-order valence-electron chi connectivity index (χ3n) is 4.30. The van der Waals surface area contributed by atoms with E-state index in [2.05, 4.69) is 0 Å². The van der Waals surface area contributed by atoms with Crippen LogP contribution in [-0.4, -0.2) is 74.2 Å². The molecule has 3 N–H and O–H groups in total. The second-order valence-corrected chi connectivity index (χ2v) is 7.05. The smallest absolute Gasteiger partial charge is 0.262 e. The molecule has 7 nitrogen and oxygen atoms in total. The zero-order valence-corrected chi connectivity index (χ0v) is 13.8. The predicted octanol–water partition coefficient (Wildman–Crippen LogP) is -0.157. The van der Waals surface area contributed by atoms with Gasteiger partial charge in [0.05, 0.1) is 17.7 Å². The van der Waals surface area contributed by atoms with Crippen LogP contribution in [0.15, 0.2) is 24.3 Å². The van der Waals surface area contributed by atoms with E-state index < -0.39 is 48.2 Å². The molecule has 1 aromatic rings. The fraction of sp³-hybridized carbons (Fsp3) is 0.500. The van der Waals surface area contributed by atoms with Gasteiger partial charge in [0.1, 0.15) is 29.8 Å². The summed E-state index contributed by atoms with van der Waals surface area (Å²) in [5, 5.41) is 30.0. The maximum absolute atomic E-state index is 12.7. The molecule has 1 fully saturated rings. The summed E-state index contributed by atoms with van der Waals surface area (Å²) in [6, 6.07) is 5.41. The van der Waals surface area contributed by atoms with Gasteiger partial charge in [-0.2, -0.15) is 0 Å². The summed E-state index contributed by atoms with van der Waals surface area (Å²) in [5.74, 6) is -0.412. The van der Waals surface area contributed by atoms with Gasteiger partial charge < -0.3 is 20.1 Å². The molecule has 0 unspecified atom stereocenters. The number of amides is 2. The molecule has 130 valence electrons. The summed E-state index contributed by atoms with van der Waals surface area (Å²) < 4.78 is 5.64. The number of hydrogen-bond donors (Lipinski definition) is 3. The first-order chi connectivity index (χ1) is 11.5. The average molecular weight is 353 g/mol. The zero-order valence-electron chi connectivity index (χ0n) is 13.0. The van der Waals surface area contributed by atoms with Crippen molar-refractivity contribution in [3.8, 4) is 0 Å². The Morgan fingerprint density at radius 3 is 2.21 bits per heavy atom. The minimum atomic E-state index is -1.40. The van der Waals surface area contributed by atoms with Gasteiger partial charge in [-0.25, -0.2) is 0 Å². The highest BCUT2D eigenvalue weighted by Crippen LogP contribution is 2.35. The van der Waals surface area contributed by atoms with E-state index in [1.807, 2.05) is 6.92 Å². The molecular weight excluding hydrogens is 334 g/mol.